The largest absolute Gasteiger partial charge is 0.756 e. The highest BCUT2D eigenvalue weighted by Crippen LogP contribution is 2.40. The molecule has 0 heterocycles. The summed E-state index contributed by atoms with van der Waals surface area (Å²) in [5, 5.41) is 0. The molecule has 0 spiro atoms. The van der Waals surface area contributed by atoms with Gasteiger partial charge in [0, 0.05) is 6.61 Å². The van der Waals surface area contributed by atoms with Crippen molar-refractivity contribution in [1.82, 2.24) is 0 Å². The molecule has 0 aromatic carbocycles. The molecule has 9 nitrogen and oxygen atoms in total. The van der Waals surface area contributed by atoms with Gasteiger partial charge in [-0.1, -0.05) is 13.8 Å². The molecular weight excluding hydrogens is 338 g/mol. The molecule has 0 saturated carbocycles. The minimum Gasteiger partial charge on any atom is -0.756 e. The Morgan fingerprint density at radius 2 is 1.23 bits per heavy atom. The van der Waals surface area contributed by atoms with Gasteiger partial charge in [0.15, 0.2) is 0 Å². The van der Waals surface area contributed by atoms with E-state index in [1.54, 1.807) is 20.8 Å². The van der Waals surface area contributed by atoms with E-state index in [1.807, 2.05) is 0 Å². The molecule has 2 atom stereocenters. The van der Waals surface area contributed by atoms with Gasteiger partial charge >= 0.3 is 0 Å². The standard InChI is InChI=1S/C11H26O9P2/c1-4-7-17-21(12,13)19-9-11(16-6-3)10-20-22(14,15)18-8-5-2/h11H,4-10H2,1-3H3,(H,12,13)(H,14,15)/p-2. The number of hydrogen-bond donors (Lipinski definition) is 0. The van der Waals surface area contributed by atoms with Crippen LogP contribution in [0.2, 0.25) is 0 Å². The Labute approximate surface area is 131 Å². The Bertz CT molecular complexity index is 345. The second-order valence-corrected chi connectivity index (χ2v) is 7.05. The van der Waals surface area contributed by atoms with E-state index in [0.717, 1.165) is 0 Å². The highest BCUT2D eigenvalue weighted by molar-refractivity contribution is 7.46. The molecule has 11 heteroatoms. The summed E-state index contributed by atoms with van der Waals surface area (Å²) < 4.78 is 46.3. The number of phosphoric acid groups is 2. The van der Waals surface area contributed by atoms with Gasteiger partial charge in [0.05, 0.1) is 26.4 Å². The minimum absolute atomic E-state index is 0.0111. The SMILES string of the molecule is CCCOP(=O)([O-])OCC(COP(=O)([O-])OCCC)OCC. The molecule has 2 unspecified atom stereocenters. The van der Waals surface area contributed by atoms with Gasteiger partial charge in [-0.05, 0) is 19.8 Å². The average molecular weight is 362 g/mol. The van der Waals surface area contributed by atoms with E-state index in [2.05, 4.69) is 18.1 Å². The van der Waals surface area contributed by atoms with Crippen molar-refractivity contribution in [1.29, 1.82) is 0 Å². The first-order chi connectivity index (χ1) is 10.3. The van der Waals surface area contributed by atoms with Crippen LogP contribution in [0.15, 0.2) is 0 Å². The van der Waals surface area contributed by atoms with Crippen LogP contribution in [0.25, 0.3) is 0 Å². The van der Waals surface area contributed by atoms with Crippen LogP contribution in [-0.2, 0) is 32.0 Å². The minimum atomic E-state index is -4.43. The maximum Gasteiger partial charge on any atom is 0.267 e. The van der Waals surface area contributed by atoms with Crippen molar-refractivity contribution >= 4 is 15.6 Å². The van der Waals surface area contributed by atoms with Crippen molar-refractivity contribution < 1.29 is 41.7 Å². The molecule has 0 aliphatic rings. The molecule has 0 bridgehead atoms. The molecule has 0 saturated heterocycles. The van der Waals surface area contributed by atoms with Crippen molar-refractivity contribution in [3.63, 3.8) is 0 Å². The summed E-state index contributed by atoms with van der Waals surface area (Å²) in [7, 11) is -8.87. The monoisotopic (exact) mass is 362 g/mol. The maximum absolute atomic E-state index is 11.4. The zero-order valence-corrected chi connectivity index (χ0v) is 14.9. The van der Waals surface area contributed by atoms with E-state index in [9.17, 15) is 18.9 Å². The fourth-order valence-corrected chi connectivity index (χ4v) is 2.87. The van der Waals surface area contributed by atoms with E-state index in [-0.39, 0.29) is 19.8 Å². The number of rotatable bonds is 14. The van der Waals surface area contributed by atoms with Crippen LogP contribution in [-0.4, -0.2) is 39.1 Å². The lowest BCUT2D eigenvalue weighted by Crippen LogP contribution is -2.27. The predicted molar refractivity (Wildman–Crippen MR) is 75.0 cm³/mol. The van der Waals surface area contributed by atoms with Gasteiger partial charge in [-0.3, -0.25) is 9.13 Å². The van der Waals surface area contributed by atoms with E-state index < -0.39 is 35.0 Å². The average Bonchev–Trinajstić information content (AvgIpc) is 2.46. The van der Waals surface area contributed by atoms with Gasteiger partial charge in [0.2, 0.25) is 0 Å². The van der Waals surface area contributed by atoms with E-state index in [0.29, 0.717) is 12.8 Å². The first-order valence-electron chi connectivity index (χ1n) is 7.08. The predicted octanol–water partition coefficient (Wildman–Crippen LogP) is 1.21. The third kappa shape index (κ3) is 11.7. The van der Waals surface area contributed by atoms with Gasteiger partial charge in [-0.15, -0.1) is 0 Å². The second-order valence-electron chi connectivity index (χ2n) is 4.23. The summed E-state index contributed by atoms with van der Waals surface area (Å²) in [6, 6.07) is 0. The van der Waals surface area contributed by atoms with Crippen LogP contribution in [0.3, 0.4) is 0 Å². The van der Waals surface area contributed by atoms with Gasteiger partial charge in [-0.25, -0.2) is 0 Å². The summed E-state index contributed by atoms with van der Waals surface area (Å²) in [5.74, 6) is 0. The summed E-state index contributed by atoms with van der Waals surface area (Å²) in [6.07, 6.45) is 0.147. The summed E-state index contributed by atoms with van der Waals surface area (Å²) in [5.41, 5.74) is 0. The van der Waals surface area contributed by atoms with E-state index >= 15 is 0 Å². The summed E-state index contributed by atoms with van der Waals surface area (Å²) in [6.45, 7) is 4.60. The van der Waals surface area contributed by atoms with Crippen LogP contribution in [0.5, 0.6) is 0 Å². The maximum atomic E-state index is 11.4. The lowest BCUT2D eigenvalue weighted by Gasteiger charge is -2.27. The highest BCUT2D eigenvalue weighted by Gasteiger charge is 2.18. The first-order valence-corrected chi connectivity index (χ1v) is 10.00. The summed E-state index contributed by atoms with van der Waals surface area (Å²) >= 11 is 0. The van der Waals surface area contributed by atoms with Crippen LogP contribution >= 0.6 is 15.6 Å². The number of ether oxygens (including phenoxy) is 1. The molecule has 0 aliphatic carbocycles. The fraction of sp³-hybridized carbons (Fsp3) is 1.00. The van der Waals surface area contributed by atoms with Crippen LogP contribution in [0, 0.1) is 0 Å². The Balaban J connectivity index is 4.31. The van der Waals surface area contributed by atoms with Crippen molar-refractivity contribution in [2.45, 2.75) is 39.7 Å². The Morgan fingerprint density at radius 1 is 0.818 bits per heavy atom. The van der Waals surface area contributed by atoms with Crippen molar-refractivity contribution in [2.75, 3.05) is 33.0 Å². The zero-order chi connectivity index (χ0) is 17.1. The van der Waals surface area contributed by atoms with Crippen LogP contribution in [0.1, 0.15) is 33.6 Å². The molecule has 0 amide bonds. The normalized spacial score (nSPS) is 18.6. The van der Waals surface area contributed by atoms with Crippen molar-refractivity contribution in [3.05, 3.63) is 0 Å². The smallest absolute Gasteiger partial charge is 0.267 e. The highest BCUT2D eigenvalue weighted by atomic mass is 31.2. The molecule has 22 heavy (non-hydrogen) atoms. The molecular formula is C11H24O9P2-2. The van der Waals surface area contributed by atoms with Crippen molar-refractivity contribution in [3.8, 4) is 0 Å². The van der Waals surface area contributed by atoms with Gasteiger partial charge in [0.1, 0.15) is 6.10 Å². The lowest BCUT2D eigenvalue weighted by molar-refractivity contribution is -0.231. The van der Waals surface area contributed by atoms with Gasteiger partial charge in [0.25, 0.3) is 15.6 Å². The Kier molecular flexibility index (Phi) is 11.8. The molecule has 0 fully saturated rings. The fourth-order valence-electron chi connectivity index (χ4n) is 1.21. The molecule has 0 aromatic heterocycles. The van der Waals surface area contributed by atoms with E-state index in [4.69, 9.17) is 4.74 Å². The molecule has 0 N–H and O–H groups in total. The quantitative estimate of drug-likeness (QED) is 0.419. The number of hydrogen-bond acceptors (Lipinski definition) is 9. The molecule has 134 valence electrons. The molecule has 0 rings (SSSR count). The van der Waals surface area contributed by atoms with Crippen LogP contribution in [0.4, 0.5) is 0 Å². The van der Waals surface area contributed by atoms with Crippen LogP contribution < -0.4 is 9.79 Å². The second kappa shape index (κ2) is 11.7. The molecule has 0 radical (unpaired) electrons. The molecule has 0 aliphatic heterocycles. The number of phosphoric ester groups is 2. The topological polar surface area (TPSA) is 126 Å². The first kappa shape index (κ1) is 22.2. The van der Waals surface area contributed by atoms with E-state index in [1.165, 1.54) is 0 Å². The van der Waals surface area contributed by atoms with Gasteiger partial charge in [-0.2, -0.15) is 0 Å². The third-order valence-corrected chi connectivity index (χ3v) is 4.07. The lowest BCUT2D eigenvalue weighted by atomic mass is 10.4. The zero-order valence-electron chi connectivity index (χ0n) is 13.1. The van der Waals surface area contributed by atoms with Gasteiger partial charge < -0.3 is 32.6 Å². The summed E-state index contributed by atoms with van der Waals surface area (Å²) in [4.78, 5) is 22.8. The Hall–Kier alpha value is 0.180. The van der Waals surface area contributed by atoms with Crippen molar-refractivity contribution in [2.24, 2.45) is 0 Å². The Morgan fingerprint density at radius 3 is 1.55 bits per heavy atom. The molecule has 0 aromatic rings. The third-order valence-electron chi connectivity index (χ3n) is 2.15.